The second kappa shape index (κ2) is 13.1. The predicted molar refractivity (Wildman–Crippen MR) is 145 cm³/mol. The zero-order valence-corrected chi connectivity index (χ0v) is 23.2. The van der Waals surface area contributed by atoms with E-state index in [1.54, 1.807) is 11.3 Å². The molecular weight excluding hydrogens is 506 g/mol. The molecule has 2 atom stereocenters. The molecule has 2 unspecified atom stereocenters. The van der Waals surface area contributed by atoms with Gasteiger partial charge < -0.3 is 26.0 Å². The fraction of sp³-hybridized carbons (Fsp3) is 0.519. The largest absolute Gasteiger partial charge is 0.380 e. The van der Waals surface area contributed by atoms with E-state index in [1.165, 1.54) is 4.90 Å². The van der Waals surface area contributed by atoms with Crippen molar-refractivity contribution >= 4 is 34.8 Å². The van der Waals surface area contributed by atoms with Crippen LogP contribution in [-0.4, -0.2) is 71.8 Å². The van der Waals surface area contributed by atoms with Crippen LogP contribution in [0, 0.1) is 12.3 Å². The lowest BCUT2D eigenvalue weighted by Gasteiger charge is -2.35. The van der Waals surface area contributed by atoms with Gasteiger partial charge in [-0.05, 0) is 23.5 Å². The summed E-state index contributed by atoms with van der Waals surface area (Å²) >= 11 is 1.57. The molecule has 1 saturated heterocycles. The van der Waals surface area contributed by atoms with E-state index >= 15 is 0 Å². The average molecular weight is 544 g/mol. The zero-order chi connectivity index (χ0) is 27.9. The lowest BCUT2D eigenvalue weighted by molar-refractivity contribution is -0.144. The van der Waals surface area contributed by atoms with Crippen molar-refractivity contribution in [2.75, 3.05) is 26.3 Å². The first-order valence-corrected chi connectivity index (χ1v) is 13.6. The molecule has 1 fully saturated rings. The number of hydrogen-bond acceptors (Lipinski definition) is 8. The van der Waals surface area contributed by atoms with Crippen molar-refractivity contribution in [1.82, 2.24) is 20.5 Å². The molecule has 4 N–H and O–H groups in total. The van der Waals surface area contributed by atoms with Gasteiger partial charge in [0.25, 0.3) is 0 Å². The summed E-state index contributed by atoms with van der Waals surface area (Å²) in [6.45, 7) is 8.42. The SMILES string of the molecule is Cc1ncsc1-c1ccc(CNC(=O)C2CC(=O)CN2C(=O)C(NC(=O)CCOCCN)C(C)(C)C)cc1. The summed E-state index contributed by atoms with van der Waals surface area (Å²) in [6, 6.07) is 5.99. The summed E-state index contributed by atoms with van der Waals surface area (Å²) in [5.74, 6) is -1.40. The molecule has 1 aliphatic rings. The third-order valence-corrected chi connectivity index (χ3v) is 7.29. The second-order valence-electron chi connectivity index (χ2n) is 10.4. The van der Waals surface area contributed by atoms with Crippen molar-refractivity contribution in [2.24, 2.45) is 11.1 Å². The number of benzene rings is 1. The molecule has 11 heteroatoms. The van der Waals surface area contributed by atoms with Crippen molar-refractivity contribution < 1.29 is 23.9 Å². The number of carbonyl (C=O) groups is 4. The maximum Gasteiger partial charge on any atom is 0.246 e. The van der Waals surface area contributed by atoms with Gasteiger partial charge in [-0.25, -0.2) is 4.98 Å². The number of hydrogen-bond donors (Lipinski definition) is 3. The van der Waals surface area contributed by atoms with E-state index in [1.807, 2.05) is 57.5 Å². The van der Waals surface area contributed by atoms with E-state index in [0.29, 0.717) is 13.2 Å². The van der Waals surface area contributed by atoms with Crippen molar-refractivity contribution in [3.8, 4) is 10.4 Å². The molecule has 3 rings (SSSR count). The second-order valence-corrected chi connectivity index (χ2v) is 11.3. The average Bonchev–Trinajstić information content (AvgIpc) is 3.48. The van der Waals surface area contributed by atoms with Gasteiger partial charge in [0.1, 0.15) is 12.1 Å². The van der Waals surface area contributed by atoms with Gasteiger partial charge in [0.2, 0.25) is 17.7 Å². The minimum atomic E-state index is -0.927. The Bertz CT molecular complexity index is 1140. The van der Waals surface area contributed by atoms with Crippen LogP contribution in [0.1, 0.15) is 44.9 Å². The number of rotatable bonds is 11. The van der Waals surface area contributed by atoms with Crippen LogP contribution >= 0.6 is 11.3 Å². The first kappa shape index (κ1) is 29.4. The zero-order valence-electron chi connectivity index (χ0n) is 22.4. The normalized spacial score (nSPS) is 16.4. The minimum absolute atomic E-state index is 0.0566. The van der Waals surface area contributed by atoms with Gasteiger partial charge in [0, 0.05) is 25.9 Å². The summed E-state index contributed by atoms with van der Waals surface area (Å²) in [6.07, 6.45) is 0.0168. The molecule has 0 radical (unpaired) electrons. The molecule has 2 heterocycles. The van der Waals surface area contributed by atoms with Crippen LogP contribution in [0.15, 0.2) is 29.8 Å². The summed E-state index contributed by atoms with van der Waals surface area (Å²) in [5.41, 5.74) is 9.47. The van der Waals surface area contributed by atoms with E-state index in [-0.39, 0.29) is 44.2 Å². The lowest BCUT2D eigenvalue weighted by Crippen LogP contribution is -2.57. The highest BCUT2D eigenvalue weighted by Crippen LogP contribution is 2.28. The van der Waals surface area contributed by atoms with E-state index in [4.69, 9.17) is 10.5 Å². The highest BCUT2D eigenvalue weighted by Gasteiger charge is 2.44. The number of thiazole rings is 1. The molecule has 0 bridgehead atoms. The number of carbonyl (C=O) groups excluding carboxylic acids is 4. The van der Waals surface area contributed by atoms with Crippen molar-refractivity contribution in [2.45, 2.75) is 59.2 Å². The molecular formula is C27H37N5O5S. The fourth-order valence-corrected chi connectivity index (χ4v) is 5.03. The molecule has 1 aliphatic heterocycles. The molecule has 0 aliphatic carbocycles. The van der Waals surface area contributed by atoms with Gasteiger partial charge in [0.15, 0.2) is 5.78 Å². The summed E-state index contributed by atoms with van der Waals surface area (Å²) in [7, 11) is 0. The highest BCUT2D eigenvalue weighted by atomic mass is 32.1. The van der Waals surface area contributed by atoms with E-state index in [0.717, 1.165) is 21.7 Å². The van der Waals surface area contributed by atoms with Crippen molar-refractivity contribution in [1.29, 1.82) is 0 Å². The Morgan fingerprint density at radius 1 is 1.21 bits per heavy atom. The maximum atomic E-state index is 13.5. The first-order chi connectivity index (χ1) is 18.0. The number of nitrogens with zero attached hydrogens (tertiary/aromatic N) is 2. The quantitative estimate of drug-likeness (QED) is 0.367. The van der Waals surface area contributed by atoms with Crippen LogP contribution < -0.4 is 16.4 Å². The van der Waals surface area contributed by atoms with E-state index in [9.17, 15) is 19.2 Å². The number of aromatic nitrogens is 1. The number of Topliss-reactive ketones (excluding diaryl/α,β-unsaturated/α-hetero) is 1. The number of nitrogens with two attached hydrogens (primary N) is 1. The van der Waals surface area contributed by atoms with Crippen LogP contribution in [0.5, 0.6) is 0 Å². The van der Waals surface area contributed by atoms with Gasteiger partial charge in [-0.2, -0.15) is 0 Å². The number of aryl methyl sites for hydroxylation is 1. The molecule has 2 aromatic rings. The molecule has 10 nitrogen and oxygen atoms in total. The molecule has 1 aromatic heterocycles. The third kappa shape index (κ3) is 7.68. The Labute approximate surface area is 227 Å². The van der Waals surface area contributed by atoms with Crippen molar-refractivity contribution in [3.05, 3.63) is 41.0 Å². The van der Waals surface area contributed by atoms with E-state index in [2.05, 4.69) is 15.6 Å². The number of nitrogens with one attached hydrogen (secondary N) is 2. The molecule has 1 aromatic carbocycles. The number of likely N-dealkylation sites (tertiary alicyclic amines) is 1. The molecule has 38 heavy (non-hydrogen) atoms. The van der Waals surface area contributed by atoms with Crippen LogP contribution in [0.3, 0.4) is 0 Å². The Balaban J connectivity index is 1.63. The summed E-state index contributed by atoms with van der Waals surface area (Å²) < 4.78 is 5.26. The third-order valence-electron chi connectivity index (χ3n) is 6.31. The molecule has 3 amide bonds. The molecule has 206 valence electrons. The number of ketones is 1. The molecule has 0 spiro atoms. The van der Waals surface area contributed by atoms with Crippen LogP contribution in [-0.2, 0) is 30.5 Å². The van der Waals surface area contributed by atoms with Gasteiger partial charge >= 0.3 is 0 Å². The minimum Gasteiger partial charge on any atom is -0.380 e. The van der Waals surface area contributed by atoms with Gasteiger partial charge in [-0.15, -0.1) is 11.3 Å². The smallest absolute Gasteiger partial charge is 0.246 e. The monoisotopic (exact) mass is 543 g/mol. The Hall–Kier alpha value is -3.15. The number of amides is 3. The Morgan fingerprint density at radius 3 is 2.53 bits per heavy atom. The lowest BCUT2D eigenvalue weighted by atomic mass is 9.85. The van der Waals surface area contributed by atoms with Gasteiger partial charge in [-0.3, -0.25) is 19.2 Å². The van der Waals surface area contributed by atoms with E-state index < -0.39 is 29.3 Å². The van der Waals surface area contributed by atoms with Crippen LogP contribution in [0.25, 0.3) is 10.4 Å². The van der Waals surface area contributed by atoms with Crippen LogP contribution in [0.4, 0.5) is 0 Å². The predicted octanol–water partition coefficient (Wildman–Crippen LogP) is 1.80. The van der Waals surface area contributed by atoms with Gasteiger partial charge in [0.05, 0.1) is 35.8 Å². The summed E-state index contributed by atoms with van der Waals surface area (Å²) in [5, 5.41) is 5.64. The Kier molecular flexibility index (Phi) is 10.1. The maximum absolute atomic E-state index is 13.5. The standard InChI is InChI=1S/C27H37N5O5S/c1-17-23(38-16-30-17)19-7-5-18(6-8-19)14-29-25(35)21-13-20(33)15-32(21)26(36)24(27(2,3)4)31-22(34)9-11-37-12-10-28/h5-8,16,21,24H,9-15,28H2,1-4H3,(H,29,35)(H,31,34). The van der Waals surface area contributed by atoms with Crippen LogP contribution in [0.2, 0.25) is 0 Å². The van der Waals surface area contributed by atoms with Gasteiger partial charge in [-0.1, -0.05) is 45.0 Å². The topological polar surface area (TPSA) is 144 Å². The fourth-order valence-electron chi connectivity index (χ4n) is 4.21. The van der Waals surface area contributed by atoms with Crippen molar-refractivity contribution in [3.63, 3.8) is 0 Å². The highest BCUT2D eigenvalue weighted by molar-refractivity contribution is 7.13. The first-order valence-electron chi connectivity index (χ1n) is 12.7. The molecule has 0 saturated carbocycles. The summed E-state index contributed by atoms with van der Waals surface area (Å²) in [4.78, 5) is 58.1. The number of ether oxygens (including phenoxy) is 1. The Morgan fingerprint density at radius 2 is 1.92 bits per heavy atom.